The molecule has 1 aromatic carbocycles. The number of aryl methyl sites for hydroxylation is 1. The van der Waals surface area contributed by atoms with E-state index in [-0.39, 0.29) is 47.1 Å². The predicted molar refractivity (Wildman–Crippen MR) is 162 cm³/mol. The van der Waals surface area contributed by atoms with Crippen molar-refractivity contribution < 1.29 is 27.5 Å². The third kappa shape index (κ3) is 5.44. The second kappa shape index (κ2) is 11.0. The Labute approximate surface area is 257 Å². The molecule has 0 unspecified atom stereocenters. The molecule has 6 rings (SSSR count). The monoisotopic (exact) mass is 621 g/mol. The Bertz CT molecular complexity index is 1820. The first-order valence-electron chi connectivity index (χ1n) is 14.8. The number of anilines is 2. The van der Waals surface area contributed by atoms with Crippen LogP contribution in [0.4, 0.5) is 24.8 Å². The van der Waals surface area contributed by atoms with Gasteiger partial charge in [0.15, 0.2) is 0 Å². The van der Waals surface area contributed by atoms with Gasteiger partial charge in [-0.2, -0.15) is 13.2 Å². The van der Waals surface area contributed by atoms with E-state index in [1.807, 2.05) is 30.1 Å². The van der Waals surface area contributed by atoms with Crippen LogP contribution >= 0.6 is 0 Å². The van der Waals surface area contributed by atoms with E-state index in [2.05, 4.69) is 15.3 Å². The Hall–Kier alpha value is -4.68. The minimum absolute atomic E-state index is 0.0404. The largest absolute Gasteiger partial charge is 0.493 e. The van der Waals surface area contributed by atoms with E-state index in [4.69, 9.17) is 15.5 Å². The summed E-state index contributed by atoms with van der Waals surface area (Å²) < 4.78 is 47.4. The summed E-state index contributed by atoms with van der Waals surface area (Å²) in [6.07, 6.45) is 0.661. The average Bonchev–Trinajstić information content (AvgIpc) is 3.50. The third-order valence-corrected chi connectivity index (χ3v) is 8.67. The summed E-state index contributed by atoms with van der Waals surface area (Å²) in [6.45, 7) is 8.54. The number of nitrogen functional groups attached to an aromatic ring is 1. The number of carbonyl (C=O) groups excluding carboxylic acids is 2. The number of aromatic nitrogens is 4. The molecule has 3 N–H and O–H groups in total. The first-order valence-corrected chi connectivity index (χ1v) is 14.8. The lowest BCUT2D eigenvalue weighted by atomic mass is 9.87. The van der Waals surface area contributed by atoms with Gasteiger partial charge in [-0.05, 0) is 63.4 Å². The van der Waals surface area contributed by atoms with Crippen molar-refractivity contribution in [1.29, 1.82) is 0 Å². The smallest absolute Gasteiger partial charge is 0.416 e. The molecule has 0 aliphatic carbocycles. The second-order valence-electron chi connectivity index (χ2n) is 12.3. The van der Waals surface area contributed by atoms with Gasteiger partial charge in [-0.1, -0.05) is 13.8 Å². The molecule has 2 saturated heterocycles. The van der Waals surface area contributed by atoms with E-state index in [1.54, 1.807) is 25.3 Å². The number of amides is 2. The fourth-order valence-corrected chi connectivity index (χ4v) is 6.54. The molecule has 2 aliphatic rings. The van der Waals surface area contributed by atoms with Crippen LogP contribution in [0.5, 0.6) is 5.75 Å². The van der Waals surface area contributed by atoms with Crippen molar-refractivity contribution in [2.75, 3.05) is 24.2 Å². The van der Waals surface area contributed by atoms with Crippen molar-refractivity contribution in [2.24, 2.45) is 5.41 Å². The number of rotatable bonds is 6. The number of halogens is 3. The minimum atomic E-state index is -4.58. The number of nitrogens with one attached hydrogen (secondary N) is 1. The highest BCUT2D eigenvalue weighted by Crippen LogP contribution is 2.44. The van der Waals surface area contributed by atoms with Crippen LogP contribution in [0.3, 0.4) is 0 Å². The number of fused-ring (bicyclic) bond motifs is 2. The normalized spacial score (nSPS) is 19.5. The molecule has 0 saturated carbocycles. The van der Waals surface area contributed by atoms with Crippen LogP contribution in [0.1, 0.15) is 73.4 Å². The summed E-state index contributed by atoms with van der Waals surface area (Å²) in [5, 5.41) is 2.43. The average molecular weight is 622 g/mol. The van der Waals surface area contributed by atoms with Gasteiger partial charge in [-0.25, -0.2) is 15.0 Å². The maximum Gasteiger partial charge on any atom is 0.416 e. The van der Waals surface area contributed by atoms with Crippen molar-refractivity contribution in [3.05, 3.63) is 65.4 Å². The van der Waals surface area contributed by atoms with Gasteiger partial charge >= 0.3 is 6.18 Å². The lowest BCUT2D eigenvalue weighted by Crippen LogP contribution is -2.42. The van der Waals surface area contributed by atoms with Crippen molar-refractivity contribution in [2.45, 2.75) is 65.1 Å². The molecule has 0 bridgehead atoms. The Morgan fingerprint density at radius 3 is 2.69 bits per heavy atom. The van der Waals surface area contributed by atoms with Gasteiger partial charge in [0.2, 0.25) is 5.91 Å². The molecule has 10 nitrogen and oxygen atoms in total. The van der Waals surface area contributed by atoms with E-state index in [0.29, 0.717) is 29.1 Å². The van der Waals surface area contributed by atoms with Gasteiger partial charge in [0, 0.05) is 53.1 Å². The van der Waals surface area contributed by atoms with Crippen LogP contribution in [-0.4, -0.2) is 55.3 Å². The van der Waals surface area contributed by atoms with Gasteiger partial charge in [-0.15, -0.1) is 0 Å². The molecular formula is C32H34F3N7O3. The second-order valence-corrected chi connectivity index (χ2v) is 12.3. The zero-order valence-electron chi connectivity index (χ0n) is 25.4. The van der Waals surface area contributed by atoms with Crippen LogP contribution in [0.15, 0.2) is 42.7 Å². The maximum atomic E-state index is 13.2. The van der Waals surface area contributed by atoms with Crippen molar-refractivity contribution >= 4 is 29.0 Å². The molecule has 5 heterocycles. The fourth-order valence-electron chi connectivity index (χ4n) is 6.54. The number of hydrogen-bond donors (Lipinski definition) is 2. The lowest BCUT2D eigenvalue weighted by molar-refractivity contribution is -0.138. The number of imidazole rings is 1. The van der Waals surface area contributed by atoms with Crippen LogP contribution in [0.25, 0.3) is 16.8 Å². The van der Waals surface area contributed by atoms with Crippen molar-refractivity contribution in [3.63, 3.8) is 0 Å². The Kier molecular flexibility index (Phi) is 7.45. The number of benzene rings is 1. The quantitative estimate of drug-likeness (QED) is 0.276. The van der Waals surface area contributed by atoms with Gasteiger partial charge in [0.1, 0.15) is 34.4 Å². The molecule has 0 spiro atoms. The number of hydrogen-bond acceptors (Lipinski definition) is 7. The standard InChI is InChI=1S/C32H34F3N7O3/c1-5-45-23-12-18(29(43)39-24-13-20(10-11-37-24)32(33,34)35)7-9-22(23)25-26-27(36)38-15-17(2)42(26)28(40-25)19-6-8-21-14-31(3,4)30(44)41(21)16-19/h7,9-13,15,19,21H,5-6,8,14,16H2,1-4H3,(H2,36,38)(H,37,39,43)/t19-,21+/m1/s1. The molecule has 3 aromatic heterocycles. The van der Waals surface area contributed by atoms with Gasteiger partial charge in [0.25, 0.3) is 5.91 Å². The SMILES string of the molecule is CCOc1cc(C(=O)Nc2cc(C(F)(F)F)ccn2)ccc1-c1nc([C@@H]2CC[C@H]3CC(C)(C)C(=O)N3C2)n2c(C)cnc(N)c12. The maximum absolute atomic E-state index is 13.2. The molecule has 2 aliphatic heterocycles. The zero-order valence-corrected chi connectivity index (χ0v) is 25.4. The van der Waals surface area contributed by atoms with Crippen molar-refractivity contribution in [3.8, 4) is 17.0 Å². The Morgan fingerprint density at radius 2 is 1.96 bits per heavy atom. The molecular weight excluding hydrogens is 587 g/mol. The summed E-state index contributed by atoms with van der Waals surface area (Å²) in [6, 6.07) is 6.56. The number of pyridine rings is 1. The minimum Gasteiger partial charge on any atom is -0.493 e. The molecule has 236 valence electrons. The summed E-state index contributed by atoms with van der Waals surface area (Å²) >= 11 is 0. The number of ether oxygens (including phenoxy) is 1. The van der Waals surface area contributed by atoms with E-state index >= 15 is 0 Å². The highest BCUT2D eigenvalue weighted by atomic mass is 19.4. The van der Waals surface area contributed by atoms with Crippen LogP contribution in [0, 0.1) is 12.3 Å². The topological polar surface area (TPSA) is 128 Å². The zero-order chi connectivity index (χ0) is 32.3. The molecule has 2 fully saturated rings. The first-order chi connectivity index (χ1) is 21.3. The Balaban J connectivity index is 1.38. The van der Waals surface area contributed by atoms with E-state index in [0.717, 1.165) is 49.1 Å². The lowest BCUT2D eigenvalue weighted by Gasteiger charge is -2.34. The molecule has 2 atom stereocenters. The van der Waals surface area contributed by atoms with Gasteiger partial charge in [0.05, 0.1) is 12.2 Å². The molecule has 45 heavy (non-hydrogen) atoms. The first kappa shape index (κ1) is 30.4. The van der Waals surface area contributed by atoms with E-state index in [1.165, 1.54) is 6.07 Å². The summed E-state index contributed by atoms with van der Waals surface area (Å²) in [4.78, 5) is 41.6. The van der Waals surface area contributed by atoms with Gasteiger partial charge < -0.3 is 20.7 Å². The van der Waals surface area contributed by atoms with Crippen LogP contribution < -0.4 is 15.8 Å². The highest BCUT2D eigenvalue weighted by molar-refractivity contribution is 6.04. The van der Waals surface area contributed by atoms with E-state index < -0.39 is 17.6 Å². The van der Waals surface area contributed by atoms with Crippen LogP contribution in [-0.2, 0) is 11.0 Å². The van der Waals surface area contributed by atoms with Crippen LogP contribution in [0.2, 0.25) is 0 Å². The number of alkyl halides is 3. The molecule has 13 heteroatoms. The summed E-state index contributed by atoms with van der Waals surface area (Å²) in [5.41, 5.74) is 7.80. The number of piperidine rings is 1. The molecule has 2 amide bonds. The molecule has 0 radical (unpaired) electrons. The fraction of sp³-hybridized carbons (Fsp3) is 0.406. The number of nitrogens with zero attached hydrogens (tertiary/aromatic N) is 5. The number of carbonyl (C=O) groups is 2. The van der Waals surface area contributed by atoms with E-state index in [9.17, 15) is 22.8 Å². The number of nitrogens with two attached hydrogens (primary N) is 1. The highest BCUT2D eigenvalue weighted by Gasteiger charge is 2.48. The van der Waals surface area contributed by atoms with Crippen molar-refractivity contribution in [1.82, 2.24) is 24.3 Å². The third-order valence-electron chi connectivity index (χ3n) is 8.67. The summed E-state index contributed by atoms with van der Waals surface area (Å²) in [5.74, 6) is 0.603. The molecule has 4 aromatic rings. The van der Waals surface area contributed by atoms with Gasteiger partial charge in [-0.3, -0.25) is 14.0 Å². The Morgan fingerprint density at radius 1 is 1.18 bits per heavy atom. The predicted octanol–water partition coefficient (Wildman–Crippen LogP) is 5.86. The summed E-state index contributed by atoms with van der Waals surface area (Å²) in [7, 11) is 0.